The van der Waals surface area contributed by atoms with Crippen molar-refractivity contribution in [3.63, 3.8) is 0 Å². The van der Waals surface area contributed by atoms with Gasteiger partial charge in [-0.2, -0.15) is 13.2 Å². The number of rotatable bonds is 2. The number of halogens is 3. The molecule has 4 heteroatoms. The zero-order valence-electron chi connectivity index (χ0n) is 6.73. The Kier molecular flexibility index (Phi) is 3.38. The van der Waals surface area contributed by atoms with Crippen LogP contribution in [0.1, 0.15) is 25.7 Å². The Morgan fingerprint density at radius 1 is 1.25 bits per heavy atom. The minimum absolute atomic E-state index is 0.184. The van der Waals surface area contributed by atoms with Crippen LogP contribution in [0.3, 0.4) is 0 Å². The van der Waals surface area contributed by atoms with Gasteiger partial charge in [0.05, 0.1) is 6.10 Å². The highest BCUT2D eigenvalue weighted by Gasteiger charge is 2.29. The lowest BCUT2D eigenvalue weighted by Crippen LogP contribution is -2.24. The Morgan fingerprint density at radius 3 is 2.33 bits per heavy atom. The summed E-state index contributed by atoms with van der Waals surface area (Å²) in [6.07, 6.45) is 0.947. The highest BCUT2D eigenvalue weighted by Crippen LogP contribution is 2.22. The first-order valence-corrected chi connectivity index (χ1v) is 4.08. The van der Waals surface area contributed by atoms with Crippen LogP contribution in [0.5, 0.6) is 0 Å². The van der Waals surface area contributed by atoms with E-state index in [1.54, 1.807) is 0 Å². The Balaban J connectivity index is 2.13. The summed E-state index contributed by atoms with van der Waals surface area (Å²) in [4.78, 5) is 0. The van der Waals surface area contributed by atoms with Gasteiger partial charge in [-0.3, -0.25) is 0 Å². The lowest BCUT2D eigenvalue weighted by Gasteiger charge is -2.22. The predicted molar refractivity (Wildman–Crippen MR) is 38.6 cm³/mol. The number of ether oxygens (including phenoxy) is 1. The summed E-state index contributed by atoms with van der Waals surface area (Å²) in [5.41, 5.74) is 0. The molecule has 0 aromatic heterocycles. The van der Waals surface area contributed by atoms with E-state index in [0.29, 0.717) is 0 Å². The monoisotopic (exact) mass is 181 g/mol. The smallest absolute Gasteiger partial charge is 0.369 e. The molecule has 1 radical (unpaired) electrons. The lowest BCUT2D eigenvalue weighted by atomic mass is 9.98. The quantitative estimate of drug-likeness (QED) is 0.636. The third-order valence-corrected chi connectivity index (χ3v) is 1.87. The molecule has 0 heterocycles. The first-order valence-electron chi connectivity index (χ1n) is 4.08. The van der Waals surface area contributed by atoms with E-state index >= 15 is 0 Å². The zero-order chi connectivity index (χ0) is 9.03. The van der Waals surface area contributed by atoms with E-state index in [0.717, 1.165) is 25.7 Å². The topological polar surface area (TPSA) is 9.23 Å². The fourth-order valence-electron chi connectivity index (χ4n) is 1.28. The van der Waals surface area contributed by atoms with Gasteiger partial charge in [0, 0.05) is 0 Å². The van der Waals surface area contributed by atoms with E-state index < -0.39 is 12.8 Å². The van der Waals surface area contributed by atoms with E-state index in [1.807, 2.05) is 0 Å². The molecule has 1 fully saturated rings. The molecule has 0 aliphatic heterocycles. The van der Waals surface area contributed by atoms with Gasteiger partial charge in [-0.1, -0.05) is 0 Å². The molecule has 1 rings (SSSR count). The Hall–Kier alpha value is -0.250. The molecule has 0 N–H and O–H groups in total. The average Bonchev–Trinajstić information content (AvgIpc) is 2.02. The summed E-state index contributed by atoms with van der Waals surface area (Å²) >= 11 is 0. The first kappa shape index (κ1) is 9.84. The minimum Gasteiger partial charge on any atom is -0.369 e. The summed E-state index contributed by atoms with van der Waals surface area (Å²) in [7, 11) is 0. The van der Waals surface area contributed by atoms with Crippen molar-refractivity contribution in [2.45, 2.75) is 38.0 Å². The van der Waals surface area contributed by atoms with Crippen molar-refractivity contribution in [2.24, 2.45) is 0 Å². The maximum Gasteiger partial charge on any atom is 0.411 e. The van der Waals surface area contributed by atoms with Gasteiger partial charge >= 0.3 is 6.18 Å². The van der Waals surface area contributed by atoms with Gasteiger partial charge in [0.25, 0.3) is 0 Å². The van der Waals surface area contributed by atoms with Crippen molar-refractivity contribution < 1.29 is 17.9 Å². The van der Waals surface area contributed by atoms with E-state index in [2.05, 4.69) is 6.42 Å². The predicted octanol–water partition coefficient (Wildman–Crippen LogP) is 2.71. The van der Waals surface area contributed by atoms with Gasteiger partial charge < -0.3 is 4.74 Å². The standard InChI is InChI=1S/C8H12F3O/c9-8(10,11)6-12-7-4-2-1-3-5-7/h1,7H,2-6H2. The van der Waals surface area contributed by atoms with Gasteiger partial charge in [0.1, 0.15) is 6.61 Å². The zero-order valence-corrected chi connectivity index (χ0v) is 6.73. The van der Waals surface area contributed by atoms with Gasteiger partial charge in [-0.25, -0.2) is 0 Å². The fourth-order valence-corrected chi connectivity index (χ4v) is 1.28. The molecular weight excluding hydrogens is 169 g/mol. The lowest BCUT2D eigenvalue weighted by molar-refractivity contribution is -0.187. The summed E-state index contributed by atoms with van der Waals surface area (Å²) in [6, 6.07) is 0. The van der Waals surface area contributed by atoms with E-state index in [1.165, 1.54) is 0 Å². The Morgan fingerprint density at radius 2 is 1.83 bits per heavy atom. The van der Waals surface area contributed by atoms with Crippen molar-refractivity contribution in [1.29, 1.82) is 0 Å². The van der Waals surface area contributed by atoms with Crippen molar-refractivity contribution in [3.8, 4) is 0 Å². The van der Waals surface area contributed by atoms with Crippen LogP contribution in [0, 0.1) is 6.42 Å². The van der Waals surface area contributed by atoms with Crippen LogP contribution in [0.2, 0.25) is 0 Å². The normalized spacial score (nSPS) is 21.2. The Bertz CT molecular complexity index is 127. The van der Waals surface area contributed by atoms with Gasteiger partial charge in [0.2, 0.25) is 0 Å². The molecule has 0 atom stereocenters. The second-order valence-corrected chi connectivity index (χ2v) is 2.99. The van der Waals surface area contributed by atoms with Crippen LogP contribution in [-0.4, -0.2) is 18.9 Å². The summed E-state index contributed by atoms with van der Waals surface area (Å²) in [6.45, 7) is -1.10. The summed E-state index contributed by atoms with van der Waals surface area (Å²) in [5.74, 6) is 0. The number of alkyl halides is 3. The van der Waals surface area contributed by atoms with Gasteiger partial charge in [0.15, 0.2) is 0 Å². The van der Waals surface area contributed by atoms with Crippen molar-refractivity contribution >= 4 is 0 Å². The molecule has 0 aromatic carbocycles. The molecule has 0 aromatic rings. The Labute approximate surface area is 69.9 Å². The highest BCUT2D eigenvalue weighted by atomic mass is 19.4. The second-order valence-electron chi connectivity index (χ2n) is 2.99. The molecule has 0 spiro atoms. The fraction of sp³-hybridized carbons (Fsp3) is 0.875. The number of hydrogen-bond donors (Lipinski definition) is 0. The molecule has 1 aliphatic carbocycles. The van der Waals surface area contributed by atoms with Crippen molar-refractivity contribution in [1.82, 2.24) is 0 Å². The van der Waals surface area contributed by atoms with Crippen LogP contribution < -0.4 is 0 Å². The second kappa shape index (κ2) is 4.12. The van der Waals surface area contributed by atoms with Gasteiger partial charge in [-0.15, -0.1) is 0 Å². The third kappa shape index (κ3) is 3.95. The highest BCUT2D eigenvalue weighted by molar-refractivity contribution is 4.77. The van der Waals surface area contributed by atoms with Crippen LogP contribution in [0.25, 0.3) is 0 Å². The SMILES string of the molecule is FC(F)(F)COC1CC[CH]CC1. The maximum absolute atomic E-state index is 11.7. The van der Waals surface area contributed by atoms with Crippen LogP contribution in [0.15, 0.2) is 0 Å². The molecule has 0 unspecified atom stereocenters. The molecule has 0 saturated heterocycles. The third-order valence-electron chi connectivity index (χ3n) is 1.87. The van der Waals surface area contributed by atoms with E-state index in [9.17, 15) is 13.2 Å². The molecule has 0 amide bonds. The molecule has 1 nitrogen and oxygen atoms in total. The molecule has 1 aliphatic rings. The average molecular weight is 181 g/mol. The molecular formula is C8H12F3O. The van der Waals surface area contributed by atoms with Crippen LogP contribution in [0.4, 0.5) is 13.2 Å². The minimum atomic E-state index is -4.18. The van der Waals surface area contributed by atoms with Crippen LogP contribution >= 0.6 is 0 Å². The number of hydrogen-bond acceptors (Lipinski definition) is 1. The molecule has 1 saturated carbocycles. The van der Waals surface area contributed by atoms with E-state index in [4.69, 9.17) is 4.74 Å². The van der Waals surface area contributed by atoms with Crippen molar-refractivity contribution in [2.75, 3.05) is 6.61 Å². The van der Waals surface area contributed by atoms with Crippen LogP contribution in [-0.2, 0) is 4.74 Å². The maximum atomic E-state index is 11.7. The largest absolute Gasteiger partial charge is 0.411 e. The van der Waals surface area contributed by atoms with E-state index in [-0.39, 0.29) is 6.10 Å². The molecule has 12 heavy (non-hydrogen) atoms. The van der Waals surface area contributed by atoms with Crippen molar-refractivity contribution in [3.05, 3.63) is 6.42 Å². The first-order chi connectivity index (χ1) is 5.58. The van der Waals surface area contributed by atoms with Gasteiger partial charge in [-0.05, 0) is 32.1 Å². The molecule has 0 bridgehead atoms. The summed E-state index contributed by atoms with van der Waals surface area (Å²) in [5, 5.41) is 0. The summed E-state index contributed by atoms with van der Waals surface area (Å²) < 4.78 is 39.7. The molecule has 71 valence electrons.